The second-order valence-electron chi connectivity index (χ2n) is 3.01. The van der Waals surface area contributed by atoms with Crippen molar-refractivity contribution in [3.63, 3.8) is 0 Å². The van der Waals surface area contributed by atoms with Crippen LogP contribution in [0.5, 0.6) is 0 Å². The number of H-pyrrole nitrogens is 2. The summed E-state index contributed by atoms with van der Waals surface area (Å²) >= 11 is 4.89. The lowest BCUT2D eigenvalue weighted by Crippen LogP contribution is -2.12. The highest BCUT2D eigenvalue weighted by Crippen LogP contribution is 2.14. The Labute approximate surface area is 90.6 Å². The first-order valence-electron chi connectivity index (χ1n) is 4.30. The van der Waals surface area contributed by atoms with Gasteiger partial charge in [0.1, 0.15) is 5.52 Å². The lowest BCUT2D eigenvalue weighted by atomic mass is 10.2. The van der Waals surface area contributed by atoms with Gasteiger partial charge in [0.15, 0.2) is 4.77 Å². The highest BCUT2D eigenvalue weighted by Gasteiger charge is 2.07. The van der Waals surface area contributed by atoms with Crippen LogP contribution in [0.25, 0.3) is 17.7 Å². The highest BCUT2D eigenvalue weighted by atomic mass is 32.1. The van der Waals surface area contributed by atoms with Gasteiger partial charge in [-0.25, -0.2) is 4.52 Å². The van der Waals surface area contributed by atoms with Crippen LogP contribution < -0.4 is 5.56 Å². The van der Waals surface area contributed by atoms with Crippen molar-refractivity contribution in [3.8, 4) is 0 Å². The molecule has 2 aromatic heterocycles. The van der Waals surface area contributed by atoms with E-state index >= 15 is 0 Å². The number of nitrogens with one attached hydrogen (secondary N) is 2. The van der Waals surface area contributed by atoms with E-state index in [2.05, 4.69) is 23.2 Å². The third-order valence-corrected chi connectivity index (χ3v) is 2.35. The summed E-state index contributed by atoms with van der Waals surface area (Å²) in [4.78, 5) is 14.1. The largest absolute Gasteiger partial charge is 0.296 e. The van der Waals surface area contributed by atoms with E-state index in [4.69, 9.17) is 12.2 Å². The van der Waals surface area contributed by atoms with Crippen LogP contribution in [0.4, 0.5) is 0 Å². The van der Waals surface area contributed by atoms with E-state index < -0.39 is 0 Å². The molecule has 5 heteroatoms. The predicted octanol–water partition coefficient (Wildman–Crippen LogP) is 1.97. The van der Waals surface area contributed by atoms with Crippen LogP contribution in [0.15, 0.2) is 24.0 Å². The molecule has 76 valence electrons. The Hall–Kier alpha value is -1.88. The van der Waals surface area contributed by atoms with E-state index in [1.165, 1.54) is 0 Å². The van der Waals surface area contributed by atoms with Gasteiger partial charge in [-0.3, -0.25) is 14.9 Å². The van der Waals surface area contributed by atoms with Crippen LogP contribution in [0.1, 0.15) is 11.3 Å². The zero-order valence-electron chi connectivity index (χ0n) is 7.91. The van der Waals surface area contributed by atoms with Gasteiger partial charge >= 0.3 is 0 Å². The topological polar surface area (TPSA) is 53.1 Å². The Morgan fingerprint density at radius 2 is 2.13 bits per heavy atom. The molecule has 2 N–H and O–H groups in total. The molecule has 0 saturated carbocycles. The zero-order valence-corrected chi connectivity index (χ0v) is 8.73. The van der Waals surface area contributed by atoms with Crippen LogP contribution in [0, 0.1) is 4.77 Å². The average Bonchev–Trinajstić information content (AvgIpc) is 2.55. The van der Waals surface area contributed by atoms with Gasteiger partial charge in [0.2, 0.25) is 0 Å². The number of nitrogens with zero attached hydrogens (tertiary/aromatic N) is 1. The first-order valence-corrected chi connectivity index (χ1v) is 4.71. The Bertz CT molecular complexity index is 659. The molecular formula is C10H9N3OS. The van der Waals surface area contributed by atoms with E-state index in [-0.39, 0.29) is 10.3 Å². The van der Waals surface area contributed by atoms with Gasteiger partial charge < -0.3 is 0 Å². The molecule has 0 radical (unpaired) electrons. The lowest BCUT2D eigenvalue weighted by molar-refractivity contribution is 0.865. The molecule has 0 aromatic carbocycles. The van der Waals surface area contributed by atoms with Crippen LogP contribution in [0.2, 0.25) is 0 Å². The van der Waals surface area contributed by atoms with Crippen molar-refractivity contribution >= 4 is 29.9 Å². The summed E-state index contributed by atoms with van der Waals surface area (Å²) in [5.41, 5.74) is 1.88. The molecule has 4 nitrogen and oxygen atoms in total. The monoisotopic (exact) mass is 219 g/mol. The number of aromatic amines is 2. The van der Waals surface area contributed by atoms with Gasteiger partial charge in [0.25, 0.3) is 5.56 Å². The molecule has 0 aliphatic heterocycles. The average molecular weight is 219 g/mol. The first-order chi connectivity index (χ1) is 7.17. The Morgan fingerprint density at radius 1 is 1.40 bits per heavy atom. The van der Waals surface area contributed by atoms with E-state index in [1.54, 1.807) is 22.7 Å². The molecule has 0 aliphatic rings. The summed E-state index contributed by atoms with van der Waals surface area (Å²) in [5, 5.41) is 2.86. The van der Waals surface area contributed by atoms with Crippen LogP contribution >= 0.6 is 12.2 Å². The summed E-state index contributed by atoms with van der Waals surface area (Å²) in [6.45, 7) is 7.36. The minimum absolute atomic E-state index is 0.227. The van der Waals surface area contributed by atoms with Gasteiger partial charge in [-0.1, -0.05) is 19.2 Å². The first kappa shape index (κ1) is 9.67. The van der Waals surface area contributed by atoms with Crippen molar-refractivity contribution < 1.29 is 0 Å². The fraction of sp³-hybridized carbons (Fsp3) is 0. The number of hydrogen-bond donors (Lipinski definition) is 2. The van der Waals surface area contributed by atoms with Crippen molar-refractivity contribution in [1.29, 1.82) is 0 Å². The lowest BCUT2D eigenvalue weighted by Gasteiger charge is -1.97. The summed E-state index contributed by atoms with van der Waals surface area (Å²) in [5.74, 6) is 0. The molecule has 0 amide bonds. The number of hydrogen-bond acceptors (Lipinski definition) is 2. The number of rotatable bonds is 2. The molecule has 2 rings (SSSR count). The maximum Gasteiger partial charge on any atom is 0.276 e. The van der Waals surface area contributed by atoms with Crippen molar-refractivity contribution in [2.45, 2.75) is 0 Å². The molecule has 15 heavy (non-hydrogen) atoms. The normalized spacial score (nSPS) is 10.4. The van der Waals surface area contributed by atoms with Crippen LogP contribution in [-0.2, 0) is 0 Å². The van der Waals surface area contributed by atoms with Crippen LogP contribution in [0.3, 0.4) is 0 Å². The Kier molecular flexibility index (Phi) is 2.17. The van der Waals surface area contributed by atoms with Crippen molar-refractivity contribution in [2.75, 3.05) is 0 Å². The van der Waals surface area contributed by atoms with E-state index in [9.17, 15) is 4.79 Å². The summed E-state index contributed by atoms with van der Waals surface area (Å²) in [7, 11) is 0. The molecule has 0 unspecified atom stereocenters. The minimum Gasteiger partial charge on any atom is -0.296 e. The summed E-state index contributed by atoms with van der Waals surface area (Å²) in [6, 6.07) is 1.73. The molecule has 0 aliphatic carbocycles. The molecule has 0 bridgehead atoms. The summed E-state index contributed by atoms with van der Waals surface area (Å²) in [6.07, 6.45) is 3.31. The molecule has 0 spiro atoms. The fourth-order valence-corrected chi connectivity index (χ4v) is 1.69. The Balaban J connectivity index is 3.08. The number of fused-ring (bicyclic) bond motifs is 1. The second kappa shape index (κ2) is 3.36. The number of aromatic nitrogens is 3. The highest BCUT2D eigenvalue weighted by molar-refractivity contribution is 7.71. The van der Waals surface area contributed by atoms with E-state index in [0.717, 1.165) is 11.3 Å². The third kappa shape index (κ3) is 1.37. The van der Waals surface area contributed by atoms with Gasteiger partial charge in [-0.15, -0.1) is 0 Å². The Morgan fingerprint density at radius 3 is 2.73 bits per heavy atom. The molecule has 0 fully saturated rings. The SMILES string of the molecule is C=Cc1cc2c(=O)[nH]c(=S)[nH]n2c1C=C. The molecule has 0 saturated heterocycles. The van der Waals surface area contributed by atoms with Crippen molar-refractivity contribution in [2.24, 2.45) is 0 Å². The van der Waals surface area contributed by atoms with Crippen LogP contribution in [-0.4, -0.2) is 14.6 Å². The van der Waals surface area contributed by atoms with E-state index in [0.29, 0.717) is 5.52 Å². The molecule has 0 atom stereocenters. The van der Waals surface area contributed by atoms with E-state index in [1.807, 2.05) is 0 Å². The van der Waals surface area contributed by atoms with Gasteiger partial charge in [-0.05, 0) is 24.4 Å². The maximum absolute atomic E-state index is 11.6. The molecule has 2 aromatic rings. The van der Waals surface area contributed by atoms with Crippen molar-refractivity contribution in [1.82, 2.24) is 14.6 Å². The molecular weight excluding hydrogens is 210 g/mol. The molecule has 2 heterocycles. The second-order valence-corrected chi connectivity index (χ2v) is 3.42. The third-order valence-electron chi connectivity index (χ3n) is 2.16. The summed E-state index contributed by atoms with van der Waals surface area (Å²) < 4.78 is 1.88. The predicted molar refractivity (Wildman–Crippen MR) is 63.4 cm³/mol. The van der Waals surface area contributed by atoms with Gasteiger partial charge in [-0.2, -0.15) is 0 Å². The quantitative estimate of drug-likeness (QED) is 0.759. The van der Waals surface area contributed by atoms with Gasteiger partial charge in [0.05, 0.1) is 5.69 Å². The van der Waals surface area contributed by atoms with Gasteiger partial charge in [0, 0.05) is 5.56 Å². The fourth-order valence-electron chi connectivity index (χ4n) is 1.50. The smallest absolute Gasteiger partial charge is 0.276 e. The van der Waals surface area contributed by atoms with Crippen molar-refractivity contribution in [3.05, 3.63) is 45.6 Å². The zero-order chi connectivity index (χ0) is 11.0. The maximum atomic E-state index is 11.6. The standard InChI is InChI=1S/C10H9N3OS/c1-3-6-5-8-9(14)11-10(15)12-13(8)7(6)4-2/h3-5H,1-2H2,(H2,11,12,14,15). The minimum atomic E-state index is -0.227.